The minimum atomic E-state index is 0.150. The molecule has 156 valence electrons. The fourth-order valence-electron chi connectivity index (χ4n) is 4.58. The van der Waals surface area contributed by atoms with Gasteiger partial charge in [-0.1, -0.05) is 6.07 Å². The van der Waals surface area contributed by atoms with E-state index in [1.54, 1.807) is 6.20 Å². The zero-order valence-corrected chi connectivity index (χ0v) is 18.2. The number of piperidine rings is 2. The topological polar surface area (TPSA) is 48.5 Å². The lowest BCUT2D eigenvalue weighted by molar-refractivity contribution is -0.126. The number of carbonyl (C=O) groups excluding carboxylic acids is 1. The first-order chi connectivity index (χ1) is 14.2. The molecule has 0 bridgehead atoms. The van der Waals surface area contributed by atoms with Crippen molar-refractivity contribution in [2.75, 3.05) is 26.2 Å². The summed E-state index contributed by atoms with van der Waals surface area (Å²) in [4.78, 5) is 24.9. The zero-order valence-electron chi connectivity index (χ0n) is 17.3. The normalized spacial score (nSPS) is 20.0. The lowest BCUT2D eigenvalue weighted by Crippen LogP contribution is -2.49. The number of likely N-dealkylation sites (tertiary alicyclic amines) is 2. The van der Waals surface area contributed by atoms with Gasteiger partial charge >= 0.3 is 0 Å². The number of thiophene rings is 1. The second-order valence-corrected chi connectivity index (χ2v) is 9.74. The molecule has 2 aromatic heterocycles. The molecule has 5 nitrogen and oxygen atoms in total. The molecule has 2 fully saturated rings. The summed E-state index contributed by atoms with van der Waals surface area (Å²) in [5, 5.41) is 3.07. The van der Waals surface area contributed by atoms with Crippen molar-refractivity contribution in [3.8, 4) is 0 Å². The summed E-state index contributed by atoms with van der Waals surface area (Å²) in [6.45, 7) is 8.29. The van der Waals surface area contributed by atoms with Crippen LogP contribution in [0.1, 0.15) is 41.1 Å². The Morgan fingerprint density at radius 3 is 2.55 bits per heavy atom. The zero-order chi connectivity index (χ0) is 20.1. The molecule has 4 heterocycles. The number of hydrogen-bond acceptors (Lipinski definition) is 5. The van der Waals surface area contributed by atoms with Crippen molar-refractivity contribution in [3.63, 3.8) is 0 Å². The summed E-state index contributed by atoms with van der Waals surface area (Å²) in [5.74, 6) is 0.341. The first-order valence-corrected chi connectivity index (χ1v) is 11.7. The maximum Gasteiger partial charge on any atom is 0.223 e. The summed E-state index contributed by atoms with van der Waals surface area (Å²) in [7, 11) is 0. The second-order valence-electron chi connectivity index (χ2n) is 8.37. The van der Waals surface area contributed by atoms with Gasteiger partial charge in [0.25, 0.3) is 0 Å². The highest BCUT2D eigenvalue weighted by Gasteiger charge is 2.30. The highest BCUT2D eigenvalue weighted by molar-refractivity contribution is 7.11. The van der Waals surface area contributed by atoms with Gasteiger partial charge in [-0.25, -0.2) is 0 Å². The van der Waals surface area contributed by atoms with Crippen LogP contribution in [0.2, 0.25) is 0 Å². The van der Waals surface area contributed by atoms with Crippen LogP contribution in [-0.4, -0.2) is 52.9 Å². The minimum absolute atomic E-state index is 0.150. The molecule has 2 aliphatic rings. The van der Waals surface area contributed by atoms with Gasteiger partial charge < -0.3 is 10.2 Å². The maximum atomic E-state index is 12.5. The van der Waals surface area contributed by atoms with E-state index < -0.39 is 0 Å². The Morgan fingerprint density at radius 2 is 1.90 bits per heavy atom. The standard InChI is InChI=1S/C23H32N4OS/c1-18-5-6-22(29-18)17-26-12-9-21(10-13-26)27-14-7-19(8-15-27)23(28)25-16-20-4-2-3-11-24-20/h2-6,11,19,21H,7-10,12-17H2,1H3,(H,25,28). The number of nitrogens with one attached hydrogen (secondary N) is 1. The predicted octanol–water partition coefficient (Wildman–Crippen LogP) is 3.44. The molecule has 0 aliphatic carbocycles. The highest BCUT2D eigenvalue weighted by atomic mass is 32.1. The van der Waals surface area contributed by atoms with E-state index in [-0.39, 0.29) is 11.8 Å². The summed E-state index contributed by atoms with van der Waals surface area (Å²) in [5.41, 5.74) is 0.919. The van der Waals surface area contributed by atoms with E-state index in [0.29, 0.717) is 12.6 Å². The van der Waals surface area contributed by atoms with Gasteiger partial charge in [0.2, 0.25) is 5.91 Å². The van der Waals surface area contributed by atoms with Crippen molar-refractivity contribution in [1.29, 1.82) is 0 Å². The number of aromatic nitrogens is 1. The number of aryl methyl sites for hydroxylation is 1. The summed E-state index contributed by atoms with van der Waals surface area (Å²) >= 11 is 1.92. The number of carbonyl (C=O) groups is 1. The molecular formula is C23H32N4OS. The maximum absolute atomic E-state index is 12.5. The van der Waals surface area contributed by atoms with E-state index in [1.165, 1.54) is 35.7 Å². The quantitative estimate of drug-likeness (QED) is 0.790. The van der Waals surface area contributed by atoms with E-state index in [1.807, 2.05) is 29.5 Å². The number of hydrogen-bond donors (Lipinski definition) is 1. The van der Waals surface area contributed by atoms with Crippen LogP contribution in [0, 0.1) is 12.8 Å². The molecular weight excluding hydrogens is 380 g/mol. The van der Waals surface area contributed by atoms with Gasteiger partial charge in [0.05, 0.1) is 12.2 Å². The van der Waals surface area contributed by atoms with Crippen LogP contribution < -0.4 is 5.32 Å². The number of amides is 1. The predicted molar refractivity (Wildman–Crippen MR) is 118 cm³/mol. The molecule has 1 N–H and O–H groups in total. The third-order valence-electron chi connectivity index (χ3n) is 6.32. The van der Waals surface area contributed by atoms with E-state index in [0.717, 1.165) is 38.2 Å². The molecule has 0 aromatic carbocycles. The van der Waals surface area contributed by atoms with Crippen molar-refractivity contribution in [2.24, 2.45) is 5.92 Å². The molecule has 2 saturated heterocycles. The van der Waals surface area contributed by atoms with Gasteiger partial charge in [0.15, 0.2) is 0 Å². The molecule has 0 atom stereocenters. The summed E-state index contributed by atoms with van der Waals surface area (Å²) in [6, 6.07) is 11.0. The SMILES string of the molecule is Cc1ccc(CN2CCC(N3CCC(C(=O)NCc4ccccn4)CC3)CC2)s1. The average Bonchev–Trinajstić information content (AvgIpc) is 3.18. The molecule has 0 unspecified atom stereocenters. The minimum Gasteiger partial charge on any atom is -0.350 e. The monoisotopic (exact) mass is 412 g/mol. The van der Waals surface area contributed by atoms with Crippen LogP contribution in [0.5, 0.6) is 0 Å². The highest BCUT2D eigenvalue weighted by Crippen LogP contribution is 2.25. The second kappa shape index (κ2) is 9.83. The summed E-state index contributed by atoms with van der Waals surface area (Å²) < 4.78 is 0. The van der Waals surface area contributed by atoms with Crippen LogP contribution in [0.25, 0.3) is 0 Å². The van der Waals surface area contributed by atoms with Crippen LogP contribution in [0.4, 0.5) is 0 Å². The first kappa shape index (κ1) is 20.5. The largest absolute Gasteiger partial charge is 0.350 e. The van der Waals surface area contributed by atoms with Gasteiger partial charge in [-0.3, -0.25) is 14.7 Å². The molecule has 2 aliphatic heterocycles. The van der Waals surface area contributed by atoms with Gasteiger partial charge in [-0.05, 0) is 70.0 Å². The first-order valence-electron chi connectivity index (χ1n) is 10.9. The number of nitrogens with zero attached hydrogens (tertiary/aromatic N) is 3. The van der Waals surface area contributed by atoms with Gasteiger partial charge in [-0.2, -0.15) is 0 Å². The van der Waals surface area contributed by atoms with E-state index in [2.05, 4.69) is 39.2 Å². The van der Waals surface area contributed by atoms with Crippen molar-refractivity contribution in [1.82, 2.24) is 20.1 Å². The van der Waals surface area contributed by atoms with Crippen molar-refractivity contribution >= 4 is 17.2 Å². The fourth-order valence-corrected chi connectivity index (χ4v) is 5.52. The van der Waals surface area contributed by atoms with Crippen LogP contribution >= 0.6 is 11.3 Å². The third kappa shape index (κ3) is 5.65. The molecule has 0 saturated carbocycles. The fraction of sp³-hybridized carbons (Fsp3) is 0.565. The Bertz CT molecular complexity index is 777. The molecule has 6 heteroatoms. The van der Waals surface area contributed by atoms with Crippen LogP contribution in [0.3, 0.4) is 0 Å². The third-order valence-corrected chi connectivity index (χ3v) is 7.30. The van der Waals surface area contributed by atoms with E-state index in [4.69, 9.17) is 0 Å². The van der Waals surface area contributed by atoms with Gasteiger partial charge in [0, 0.05) is 47.5 Å². The van der Waals surface area contributed by atoms with E-state index in [9.17, 15) is 4.79 Å². The van der Waals surface area contributed by atoms with Crippen LogP contribution in [-0.2, 0) is 17.9 Å². The van der Waals surface area contributed by atoms with Crippen molar-refractivity contribution in [2.45, 2.75) is 51.7 Å². The molecule has 2 aromatic rings. The van der Waals surface area contributed by atoms with E-state index >= 15 is 0 Å². The summed E-state index contributed by atoms with van der Waals surface area (Å²) in [6.07, 6.45) is 6.22. The molecule has 29 heavy (non-hydrogen) atoms. The van der Waals surface area contributed by atoms with Crippen molar-refractivity contribution in [3.05, 3.63) is 52.0 Å². The average molecular weight is 413 g/mol. The Morgan fingerprint density at radius 1 is 1.10 bits per heavy atom. The van der Waals surface area contributed by atoms with Crippen molar-refractivity contribution < 1.29 is 4.79 Å². The lowest BCUT2D eigenvalue weighted by Gasteiger charge is -2.41. The molecule has 0 radical (unpaired) electrons. The smallest absolute Gasteiger partial charge is 0.223 e. The van der Waals surface area contributed by atoms with Gasteiger partial charge in [-0.15, -0.1) is 11.3 Å². The number of rotatable bonds is 6. The Hall–Kier alpha value is -1.76. The van der Waals surface area contributed by atoms with Crippen LogP contribution in [0.15, 0.2) is 36.5 Å². The molecule has 4 rings (SSSR count). The Labute approximate surface area is 178 Å². The number of pyridine rings is 1. The van der Waals surface area contributed by atoms with Gasteiger partial charge in [0.1, 0.15) is 0 Å². The molecule has 1 amide bonds. The molecule has 0 spiro atoms. The Kier molecular flexibility index (Phi) is 6.95. The Balaban J connectivity index is 1.17. The lowest BCUT2D eigenvalue weighted by atomic mass is 9.92.